The van der Waals surface area contributed by atoms with Crippen LogP contribution in [0.15, 0.2) is 41.1 Å². The van der Waals surface area contributed by atoms with Gasteiger partial charge in [-0.2, -0.15) is 13.9 Å². The second kappa shape index (κ2) is 7.06. The number of aromatic nitrogens is 4. The average molecular weight is 399 g/mol. The Kier molecular flexibility index (Phi) is 4.37. The van der Waals surface area contributed by atoms with Crippen LogP contribution in [0.3, 0.4) is 0 Å². The van der Waals surface area contributed by atoms with Gasteiger partial charge in [-0.25, -0.2) is 0 Å². The van der Waals surface area contributed by atoms with Gasteiger partial charge >= 0.3 is 6.43 Å². The number of carbonyl (C=O) groups excluding carboxylic acids is 1. The van der Waals surface area contributed by atoms with Crippen molar-refractivity contribution in [1.82, 2.24) is 24.9 Å². The minimum Gasteiger partial charge on any atom is -0.415 e. The van der Waals surface area contributed by atoms with Crippen LogP contribution in [0.4, 0.5) is 8.78 Å². The van der Waals surface area contributed by atoms with Gasteiger partial charge in [-0.3, -0.25) is 9.48 Å². The minimum absolute atomic E-state index is 0.0126. The molecule has 3 heterocycles. The maximum absolute atomic E-state index is 13.2. The summed E-state index contributed by atoms with van der Waals surface area (Å²) in [7, 11) is 0. The first-order chi connectivity index (χ1) is 14.1. The number of rotatable bonds is 4. The smallest absolute Gasteiger partial charge is 0.314 e. The quantitative estimate of drug-likeness (QED) is 0.663. The second-order valence-corrected chi connectivity index (χ2v) is 7.46. The number of nitrogens with zero attached hydrogens (tertiary/aromatic N) is 5. The van der Waals surface area contributed by atoms with Gasteiger partial charge in [0, 0.05) is 30.1 Å². The number of hydrogen-bond acceptors (Lipinski definition) is 5. The molecule has 1 aliphatic heterocycles. The van der Waals surface area contributed by atoms with Crippen molar-refractivity contribution < 1.29 is 18.0 Å². The van der Waals surface area contributed by atoms with Crippen molar-refractivity contribution in [2.24, 2.45) is 0 Å². The lowest BCUT2D eigenvalue weighted by Gasteiger charge is -2.38. The molecule has 0 N–H and O–H groups in total. The van der Waals surface area contributed by atoms with Crippen molar-refractivity contribution in [3.63, 3.8) is 0 Å². The first kappa shape index (κ1) is 18.0. The lowest BCUT2D eigenvalue weighted by Crippen LogP contribution is -2.43. The molecular weight excluding hydrogens is 380 g/mol. The minimum atomic E-state index is -2.83. The van der Waals surface area contributed by atoms with Crippen LogP contribution in [-0.2, 0) is 6.54 Å². The fourth-order valence-corrected chi connectivity index (χ4v) is 4.40. The van der Waals surface area contributed by atoms with E-state index in [4.69, 9.17) is 4.42 Å². The molecule has 2 atom stereocenters. The summed E-state index contributed by atoms with van der Waals surface area (Å²) in [6.45, 7) is 0.531. The predicted octanol–water partition coefficient (Wildman–Crippen LogP) is 4.01. The zero-order valence-electron chi connectivity index (χ0n) is 15.5. The van der Waals surface area contributed by atoms with Crippen LogP contribution in [0.1, 0.15) is 60.0 Å². The van der Waals surface area contributed by atoms with Crippen molar-refractivity contribution >= 4 is 5.91 Å². The highest BCUT2D eigenvalue weighted by molar-refractivity contribution is 5.99. The van der Waals surface area contributed by atoms with E-state index in [9.17, 15) is 13.6 Å². The normalized spacial score (nSPS) is 21.8. The number of carbonyl (C=O) groups is 1. The molecule has 29 heavy (non-hydrogen) atoms. The van der Waals surface area contributed by atoms with Crippen LogP contribution in [0.2, 0.25) is 0 Å². The van der Waals surface area contributed by atoms with Crippen molar-refractivity contribution in [2.45, 2.75) is 50.7 Å². The molecule has 1 unspecified atom stereocenters. The van der Waals surface area contributed by atoms with Crippen LogP contribution in [0.5, 0.6) is 0 Å². The average Bonchev–Trinajstić information content (AvgIpc) is 3.48. The summed E-state index contributed by atoms with van der Waals surface area (Å²) in [4.78, 5) is 15.1. The van der Waals surface area contributed by atoms with Crippen LogP contribution >= 0.6 is 0 Å². The van der Waals surface area contributed by atoms with Crippen LogP contribution in [0.25, 0.3) is 11.5 Å². The van der Waals surface area contributed by atoms with Crippen LogP contribution in [0, 0.1) is 0 Å². The van der Waals surface area contributed by atoms with E-state index in [1.54, 1.807) is 18.3 Å². The number of benzene rings is 1. The molecule has 0 saturated heterocycles. The molecule has 0 radical (unpaired) electrons. The van der Waals surface area contributed by atoms with E-state index < -0.39 is 12.3 Å². The molecule has 1 saturated carbocycles. The Morgan fingerprint density at radius 1 is 1.14 bits per heavy atom. The van der Waals surface area contributed by atoms with Gasteiger partial charge in [-0.05, 0) is 36.6 Å². The summed E-state index contributed by atoms with van der Waals surface area (Å²) in [6, 6.07) is 7.34. The highest BCUT2D eigenvalue weighted by Crippen LogP contribution is 2.37. The largest absolute Gasteiger partial charge is 0.415 e. The monoisotopic (exact) mass is 399 g/mol. The molecule has 3 aromatic rings. The van der Waals surface area contributed by atoms with Gasteiger partial charge in [0.05, 0.1) is 12.1 Å². The van der Waals surface area contributed by atoms with Crippen molar-refractivity contribution in [2.75, 3.05) is 0 Å². The Bertz CT molecular complexity index is 1030. The molecule has 2 aromatic heterocycles. The number of alkyl halides is 2. The zero-order valence-corrected chi connectivity index (χ0v) is 15.5. The first-order valence-corrected chi connectivity index (χ1v) is 9.67. The maximum atomic E-state index is 13.2. The van der Waals surface area contributed by atoms with Crippen molar-refractivity contribution in [3.8, 4) is 11.5 Å². The van der Waals surface area contributed by atoms with E-state index in [0.717, 1.165) is 31.2 Å². The number of amides is 1. The fourth-order valence-electron chi connectivity index (χ4n) is 4.40. The molecule has 150 valence electrons. The summed E-state index contributed by atoms with van der Waals surface area (Å²) in [5.74, 6) is -0.793. The van der Waals surface area contributed by atoms with Crippen molar-refractivity contribution in [3.05, 3.63) is 53.7 Å². The molecular formula is C20H19F2N5O2. The Balaban J connectivity index is 1.43. The summed E-state index contributed by atoms with van der Waals surface area (Å²) in [6.07, 6.45) is 4.99. The molecule has 7 nitrogen and oxygen atoms in total. The molecule has 9 heteroatoms. The van der Waals surface area contributed by atoms with Gasteiger partial charge in [-0.1, -0.05) is 18.9 Å². The highest BCUT2D eigenvalue weighted by atomic mass is 19.3. The predicted molar refractivity (Wildman–Crippen MR) is 98.1 cm³/mol. The standard InChI is InChI=1S/C20H19F2N5O2/c21-17(22)19-25-24-18(29-19)12-6-7-13-11-26(20(28)14(13)10-12)15-4-1-2-5-16(15)27-9-3-8-23-27/h3,6-10,15-17H,1-2,4-5,11H2/t15-,16?/m0/s1. The third-order valence-electron chi connectivity index (χ3n) is 5.78. The summed E-state index contributed by atoms with van der Waals surface area (Å²) in [5, 5.41) is 11.4. The third kappa shape index (κ3) is 3.10. The van der Waals surface area contributed by atoms with Gasteiger partial charge in [0.2, 0.25) is 5.89 Å². The molecule has 0 bridgehead atoms. The molecule has 1 amide bonds. The Labute approximate surface area is 165 Å². The van der Waals surface area contributed by atoms with Crippen LogP contribution in [-0.4, -0.2) is 36.8 Å². The number of fused-ring (bicyclic) bond motifs is 1. The number of halogens is 2. The Morgan fingerprint density at radius 2 is 1.97 bits per heavy atom. The second-order valence-electron chi connectivity index (χ2n) is 7.46. The van der Waals surface area contributed by atoms with E-state index in [0.29, 0.717) is 17.7 Å². The van der Waals surface area contributed by atoms with E-state index >= 15 is 0 Å². The zero-order chi connectivity index (χ0) is 20.0. The van der Waals surface area contributed by atoms with E-state index in [1.807, 2.05) is 27.9 Å². The summed E-state index contributed by atoms with van der Waals surface area (Å²) in [5.41, 5.74) is 1.94. The van der Waals surface area contributed by atoms with Gasteiger partial charge in [0.25, 0.3) is 11.8 Å². The summed E-state index contributed by atoms with van der Waals surface area (Å²) < 4.78 is 32.4. The van der Waals surface area contributed by atoms with Gasteiger partial charge in [-0.15, -0.1) is 10.2 Å². The Hall–Kier alpha value is -3.10. The van der Waals surface area contributed by atoms with Gasteiger partial charge in [0.15, 0.2) is 0 Å². The Morgan fingerprint density at radius 3 is 2.69 bits per heavy atom. The molecule has 0 spiro atoms. The lowest BCUT2D eigenvalue weighted by molar-refractivity contribution is 0.0559. The third-order valence-corrected chi connectivity index (χ3v) is 5.78. The summed E-state index contributed by atoms with van der Waals surface area (Å²) >= 11 is 0. The molecule has 1 aliphatic carbocycles. The van der Waals surface area contributed by atoms with Gasteiger partial charge < -0.3 is 9.32 Å². The van der Waals surface area contributed by atoms with E-state index in [-0.39, 0.29) is 23.9 Å². The lowest BCUT2D eigenvalue weighted by atomic mass is 9.89. The molecule has 1 aromatic carbocycles. The van der Waals surface area contributed by atoms with E-state index in [2.05, 4.69) is 15.3 Å². The SMILES string of the molecule is O=C1c2cc(-c3nnc(C(F)F)o3)ccc2CN1[C@H]1CCCCC1n1cccn1. The van der Waals surface area contributed by atoms with Crippen LogP contribution < -0.4 is 0 Å². The molecule has 1 fully saturated rings. The highest BCUT2D eigenvalue weighted by Gasteiger charge is 2.39. The fraction of sp³-hybridized carbons (Fsp3) is 0.400. The van der Waals surface area contributed by atoms with E-state index in [1.165, 1.54) is 0 Å². The van der Waals surface area contributed by atoms with Gasteiger partial charge in [0.1, 0.15) is 0 Å². The molecule has 2 aliphatic rings. The number of hydrogen-bond donors (Lipinski definition) is 0. The maximum Gasteiger partial charge on any atom is 0.314 e. The first-order valence-electron chi connectivity index (χ1n) is 9.67. The van der Waals surface area contributed by atoms with Crippen molar-refractivity contribution in [1.29, 1.82) is 0 Å². The molecule has 5 rings (SSSR count). The topological polar surface area (TPSA) is 77.0 Å².